The van der Waals surface area contributed by atoms with E-state index in [1.165, 1.54) is 0 Å². The molecule has 0 spiro atoms. The highest BCUT2D eigenvalue weighted by molar-refractivity contribution is 7.11. The van der Waals surface area contributed by atoms with E-state index >= 15 is 0 Å². The molecule has 0 amide bonds. The minimum atomic E-state index is -0.595. The van der Waals surface area contributed by atoms with Gasteiger partial charge in [0.2, 0.25) is 0 Å². The molecule has 0 bridgehead atoms. The molecule has 5 aromatic rings. The fourth-order valence-electron chi connectivity index (χ4n) is 4.56. The van der Waals surface area contributed by atoms with Crippen molar-refractivity contribution in [3.05, 3.63) is 102 Å². The fraction of sp³-hybridized carbons (Fsp3) is 0.310. The van der Waals surface area contributed by atoms with E-state index < -0.39 is 5.76 Å². The molecule has 0 aliphatic rings. The molecule has 200 valence electrons. The molecule has 0 saturated heterocycles. The number of rotatable bonds is 10. The molecule has 0 fully saturated rings. The summed E-state index contributed by atoms with van der Waals surface area (Å²) >= 11 is 1.55. The molecule has 0 aliphatic carbocycles. The van der Waals surface area contributed by atoms with Crippen LogP contribution in [0.4, 0.5) is 0 Å². The van der Waals surface area contributed by atoms with Crippen molar-refractivity contribution in [2.45, 2.75) is 59.4 Å². The monoisotopic (exact) mass is 542 g/mol. The lowest BCUT2D eigenvalue weighted by atomic mass is 9.98. The van der Waals surface area contributed by atoms with Crippen molar-refractivity contribution in [1.29, 1.82) is 0 Å². The van der Waals surface area contributed by atoms with E-state index in [9.17, 15) is 9.59 Å². The Labute approximate surface area is 229 Å². The largest absolute Gasteiger partial charge is 0.439 e. The number of unbranched alkanes of at least 4 members (excludes halogenated alkanes) is 1. The summed E-state index contributed by atoms with van der Waals surface area (Å²) in [6, 6.07) is 15.7. The third-order valence-corrected chi connectivity index (χ3v) is 7.74. The van der Waals surface area contributed by atoms with Crippen molar-refractivity contribution in [2.75, 3.05) is 0 Å². The topological polar surface area (TPSA) is 120 Å². The van der Waals surface area contributed by atoms with Crippen LogP contribution in [0.15, 0.2) is 62.6 Å². The summed E-state index contributed by atoms with van der Waals surface area (Å²) < 4.78 is 6.51. The van der Waals surface area contributed by atoms with E-state index in [1.807, 2.05) is 66.9 Å². The van der Waals surface area contributed by atoms with E-state index in [0.717, 1.165) is 69.5 Å². The van der Waals surface area contributed by atoms with Gasteiger partial charge in [-0.25, -0.2) is 9.78 Å². The highest BCUT2D eigenvalue weighted by atomic mass is 32.1. The van der Waals surface area contributed by atoms with Crippen LogP contribution in [0.3, 0.4) is 0 Å². The lowest BCUT2D eigenvalue weighted by molar-refractivity contribution is 0.388. The summed E-state index contributed by atoms with van der Waals surface area (Å²) in [5.41, 5.74) is 5.04. The van der Waals surface area contributed by atoms with Crippen molar-refractivity contribution < 1.29 is 4.52 Å². The summed E-state index contributed by atoms with van der Waals surface area (Å²) in [4.78, 5) is 32.8. The summed E-state index contributed by atoms with van der Waals surface area (Å²) in [5, 5.41) is 14.1. The molecule has 5 rings (SSSR count). The van der Waals surface area contributed by atoms with E-state index in [1.54, 1.807) is 11.3 Å². The highest BCUT2D eigenvalue weighted by Gasteiger charge is 2.17. The molecule has 0 aliphatic heterocycles. The third kappa shape index (κ3) is 5.80. The normalized spacial score (nSPS) is 11.3. The van der Waals surface area contributed by atoms with Gasteiger partial charge in [-0.3, -0.25) is 18.9 Å². The maximum atomic E-state index is 13.8. The van der Waals surface area contributed by atoms with Gasteiger partial charge in [-0.1, -0.05) is 74.0 Å². The Balaban J connectivity index is 1.47. The highest BCUT2D eigenvalue weighted by Crippen LogP contribution is 2.30. The first-order chi connectivity index (χ1) is 19.0. The van der Waals surface area contributed by atoms with Crippen LogP contribution in [0.1, 0.15) is 59.3 Å². The first kappa shape index (κ1) is 26.4. The van der Waals surface area contributed by atoms with Crippen LogP contribution in [0, 0.1) is 6.92 Å². The van der Waals surface area contributed by atoms with Crippen molar-refractivity contribution in [2.24, 2.45) is 0 Å². The number of aromatic nitrogens is 6. The van der Waals surface area contributed by atoms with Crippen LogP contribution in [0.2, 0.25) is 0 Å². The van der Waals surface area contributed by atoms with Gasteiger partial charge in [-0.2, -0.15) is 0 Å². The fourth-order valence-corrected chi connectivity index (χ4v) is 5.36. The summed E-state index contributed by atoms with van der Waals surface area (Å²) in [6.07, 6.45) is 3.98. The Bertz CT molecular complexity index is 1700. The van der Waals surface area contributed by atoms with Gasteiger partial charge < -0.3 is 0 Å². The van der Waals surface area contributed by atoms with Gasteiger partial charge in [0.25, 0.3) is 5.56 Å². The van der Waals surface area contributed by atoms with Gasteiger partial charge in [0.15, 0.2) is 5.82 Å². The van der Waals surface area contributed by atoms with Gasteiger partial charge in [0.1, 0.15) is 15.8 Å². The number of hydrogen-bond donors (Lipinski definition) is 1. The molecule has 10 heteroatoms. The Kier molecular flexibility index (Phi) is 7.92. The average Bonchev–Trinajstić information content (AvgIpc) is 3.60. The van der Waals surface area contributed by atoms with Crippen molar-refractivity contribution in [1.82, 2.24) is 29.9 Å². The van der Waals surface area contributed by atoms with Gasteiger partial charge in [-0.15, -0.1) is 21.5 Å². The lowest BCUT2D eigenvalue weighted by Gasteiger charge is -2.16. The van der Waals surface area contributed by atoms with Crippen LogP contribution in [-0.4, -0.2) is 29.9 Å². The summed E-state index contributed by atoms with van der Waals surface area (Å²) in [7, 11) is 0. The second-order valence-corrected chi connectivity index (χ2v) is 10.5. The minimum Gasteiger partial charge on any atom is -0.296 e. The molecule has 0 unspecified atom stereocenters. The van der Waals surface area contributed by atoms with Crippen molar-refractivity contribution >= 4 is 11.3 Å². The molecule has 0 radical (unpaired) electrons. The first-order valence-electron chi connectivity index (χ1n) is 13.1. The van der Waals surface area contributed by atoms with E-state index in [4.69, 9.17) is 9.51 Å². The predicted octanol–water partition coefficient (Wildman–Crippen LogP) is 4.96. The first-order valence-corrected chi connectivity index (χ1v) is 13.9. The number of nitrogens with zero attached hydrogens (tertiary/aromatic N) is 5. The second-order valence-electron chi connectivity index (χ2n) is 9.39. The minimum absolute atomic E-state index is 0.0220. The van der Waals surface area contributed by atoms with E-state index in [0.29, 0.717) is 24.4 Å². The zero-order valence-electron chi connectivity index (χ0n) is 22.2. The van der Waals surface area contributed by atoms with Gasteiger partial charge >= 0.3 is 5.76 Å². The Hall–Kier alpha value is -4.18. The number of hydrogen-bond acceptors (Lipinski definition) is 8. The van der Waals surface area contributed by atoms with Crippen LogP contribution in [-0.2, 0) is 25.8 Å². The molecule has 2 aromatic carbocycles. The zero-order valence-corrected chi connectivity index (χ0v) is 23.0. The van der Waals surface area contributed by atoms with E-state index in [-0.39, 0.29) is 5.56 Å². The standard InChI is InChI=1S/C29H30N6O3S/c1-4-6-11-24-30-18(3)23(16-26-33-32-25(5-2)39-26)28(36)35(24)17-19-12-14-20(15-13-19)21-9-7-8-10-22(21)27-31-29(37)38-34-27/h7-10,12-15H,4-6,11,16-17H2,1-3H3,(H,31,34,37). The van der Waals surface area contributed by atoms with Gasteiger partial charge in [-0.05, 0) is 36.5 Å². The number of nitrogens with one attached hydrogen (secondary N) is 1. The van der Waals surface area contributed by atoms with Crippen LogP contribution in [0.5, 0.6) is 0 Å². The molecule has 3 aromatic heterocycles. The summed E-state index contributed by atoms with van der Waals surface area (Å²) in [6.45, 7) is 6.51. The summed E-state index contributed by atoms with van der Waals surface area (Å²) in [5.74, 6) is 0.591. The zero-order chi connectivity index (χ0) is 27.4. The molecule has 9 nitrogen and oxygen atoms in total. The Morgan fingerprint density at radius 1 is 0.974 bits per heavy atom. The molecular formula is C29H30N6O3S. The maximum Gasteiger partial charge on any atom is 0.439 e. The molecule has 0 saturated carbocycles. The number of aryl methyl sites for hydroxylation is 3. The average molecular weight is 543 g/mol. The van der Waals surface area contributed by atoms with Crippen molar-refractivity contribution in [3.63, 3.8) is 0 Å². The number of benzene rings is 2. The molecule has 3 heterocycles. The van der Waals surface area contributed by atoms with Crippen LogP contribution >= 0.6 is 11.3 Å². The third-order valence-electron chi connectivity index (χ3n) is 6.67. The quantitative estimate of drug-likeness (QED) is 0.265. The smallest absolute Gasteiger partial charge is 0.296 e. The van der Waals surface area contributed by atoms with E-state index in [2.05, 4.69) is 27.3 Å². The van der Waals surface area contributed by atoms with Crippen molar-refractivity contribution in [3.8, 4) is 22.5 Å². The maximum absolute atomic E-state index is 13.8. The van der Waals surface area contributed by atoms with Gasteiger partial charge in [0, 0.05) is 29.7 Å². The second kappa shape index (κ2) is 11.7. The molecule has 1 N–H and O–H groups in total. The number of aromatic amines is 1. The van der Waals surface area contributed by atoms with Crippen LogP contribution in [0.25, 0.3) is 22.5 Å². The predicted molar refractivity (Wildman–Crippen MR) is 151 cm³/mol. The lowest BCUT2D eigenvalue weighted by Crippen LogP contribution is -2.30. The Morgan fingerprint density at radius 3 is 2.38 bits per heavy atom. The SMILES string of the molecule is CCCCc1nc(C)c(Cc2nnc(CC)s2)c(=O)n1Cc1ccc(-c2ccccc2-c2noc(=O)[nH]2)cc1. The molecule has 39 heavy (non-hydrogen) atoms. The molecular weight excluding hydrogens is 512 g/mol. The molecule has 0 atom stereocenters. The number of H-pyrrole nitrogens is 1. The Morgan fingerprint density at radius 2 is 1.72 bits per heavy atom. The van der Waals surface area contributed by atoms with Crippen LogP contribution < -0.4 is 11.3 Å². The van der Waals surface area contributed by atoms with Gasteiger partial charge in [0.05, 0.1) is 6.54 Å².